The molecule has 0 saturated carbocycles. The van der Waals surface area contributed by atoms with Crippen molar-refractivity contribution in [2.75, 3.05) is 13.2 Å². The quantitative estimate of drug-likeness (QED) is 0.796. The summed E-state index contributed by atoms with van der Waals surface area (Å²) in [7, 11) is 0. The number of carbonyl (C=O) groups excluding carboxylic acids is 1. The standard InChI is InChI=1S/C16H22ClNO2/c1-3-20-16(19)15-9-12(2)7-8-18(15)11-13-5-4-6-14(17)10-13/h4-6,10,12,15H,3,7-9,11H2,1-2H3. The van der Waals surface area contributed by atoms with Crippen molar-refractivity contribution in [2.24, 2.45) is 5.92 Å². The van der Waals surface area contributed by atoms with Crippen LogP contribution in [-0.4, -0.2) is 30.1 Å². The van der Waals surface area contributed by atoms with Crippen molar-refractivity contribution >= 4 is 17.6 Å². The second-order valence-electron chi connectivity index (χ2n) is 5.50. The third-order valence-electron chi connectivity index (χ3n) is 3.81. The van der Waals surface area contributed by atoms with Crippen LogP contribution in [0.2, 0.25) is 5.02 Å². The molecule has 1 aliphatic rings. The fourth-order valence-corrected chi connectivity index (χ4v) is 2.95. The number of halogens is 1. The second kappa shape index (κ2) is 7.09. The molecule has 2 rings (SSSR count). The molecular formula is C16H22ClNO2. The van der Waals surface area contributed by atoms with E-state index in [1.165, 1.54) is 0 Å². The summed E-state index contributed by atoms with van der Waals surface area (Å²) in [5.41, 5.74) is 1.14. The molecule has 4 heteroatoms. The Morgan fingerprint density at radius 2 is 2.30 bits per heavy atom. The Balaban J connectivity index is 2.08. The van der Waals surface area contributed by atoms with Crippen LogP contribution in [0.3, 0.4) is 0 Å². The largest absolute Gasteiger partial charge is 0.465 e. The van der Waals surface area contributed by atoms with Crippen molar-refractivity contribution in [3.8, 4) is 0 Å². The minimum Gasteiger partial charge on any atom is -0.465 e. The zero-order valence-corrected chi connectivity index (χ0v) is 12.9. The van der Waals surface area contributed by atoms with E-state index in [4.69, 9.17) is 16.3 Å². The minimum atomic E-state index is -0.127. The smallest absolute Gasteiger partial charge is 0.323 e. The monoisotopic (exact) mass is 295 g/mol. The van der Waals surface area contributed by atoms with Crippen molar-refractivity contribution in [3.05, 3.63) is 34.9 Å². The first-order chi connectivity index (χ1) is 9.60. The molecule has 0 radical (unpaired) electrons. The van der Waals surface area contributed by atoms with E-state index in [2.05, 4.69) is 11.8 Å². The highest BCUT2D eigenvalue weighted by Gasteiger charge is 2.32. The summed E-state index contributed by atoms with van der Waals surface area (Å²) >= 11 is 6.02. The molecule has 0 spiro atoms. The summed E-state index contributed by atoms with van der Waals surface area (Å²) in [6, 6.07) is 7.70. The van der Waals surface area contributed by atoms with Crippen LogP contribution >= 0.6 is 11.6 Å². The van der Waals surface area contributed by atoms with E-state index < -0.39 is 0 Å². The predicted octanol–water partition coefficient (Wildman–Crippen LogP) is 3.50. The lowest BCUT2D eigenvalue weighted by Crippen LogP contribution is -2.47. The number of likely N-dealkylation sites (tertiary alicyclic amines) is 1. The van der Waals surface area contributed by atoms with Gasteiger partial charge in [0.1, 0.15) is 6.04 Å². The van der Waals surface area contributed by atoms with Gasteiger partial charge in [-0.25, -0.2) is 0 Å². The van der Waals surface area contributed by atoms with Gasteiger partial charge in [0.2, 0.25) is 0 Å². The zero-order chi connectivity index (χ0) is 14.5. The van der Waals surface area contributed by atoms with Crippen molar-refractivity contribution < 1.29 is 9.53 Å². The van der Waals surface area contributed by atoms with E-state index in [1.807, 2.05) is 31.2 Å². The average Bonchev–Trinajstić information content (AvgIpc) is 2.41. The molecule has 2 atom stereocenters. The number of benzene rings is 1. The Kier molecular flexibility index (Phi) is 5.44. The molecular weight excluding hydrogens is 274 g/mol. The van der Waals surface area contributed by atoms with Crippen LogP contribution < -0.4 is 0 Å². The van der Waals surface area contributed by atoms with Gasteiger partial charge in [0, 0.05) is 11.6 Å². The number of hydrogen-bond acceptors (Lipinski definition) is 3. The molecule has 20 heavy (non-hydrogen) atoms. The molecule has 1 fully saturated rings. The summed E-state index contributed by atoms with van der Waals surface area (Å²) in [6.07, 6.45) is 2.00. The third kappa shape index (κ3) is 3.97. The van der Waals surface area contributed by atoms with Gasteiger partial charge in [-0.1, -0.05) is 30.7 Å². The van der Waals surface area contributed by atoms with Crippen molar-refractivity contribution in [2.45, 2.75) is 39.3 Å². The highest BCUT2D eigenvalue weighted by atomic mass is 35.5. The zero-order valence-electron chi connectivity index (χ0n) is 12.1. The lowest BCUT2D eigenvalue weighted by atomic mass is 9.92. The summed E-state index contributed by atoms with van der Waals surface area (Å²) in [4.78, 5) is 14.3. The number of esters is 1. The van der Waals surface area contributed by atoms with Gasteiger partial charge < -0.3 is 4.74 Å². The molecule has 110 valence electrons. The van der Waals surface area contributed by atoms with E-state index in [1.54, 1.807) is 0 Å². The first-order valence-electron chi connectivity index (χ1n) is 7.25. The van der Waals surface area contributed by atoms with Gasteiger partial charge in [-0.2, -0.15) is 0 Å². The van der Waals surface area contributed by atoms with E-state index in [0.717, 1.165) is 36.5 Å². The van der Waals surface area contributed by atoms with Gasteiger partial charge in [0.15, 0.2) is 0 Å². The molecule has 0 aliphatic carbocycles. The molecule has 1 aromatic carbocycles. The Morgan fingerprint density at radius 3 is 3.00 bits per heavy atom. The van der Waals surface area contributed by atoms with Gasteiger partial charge in [-0.3, -0.25) is 9.69 Å². The topological polar surface area (TPSA) is 29.5 Å². The molecule has 0 N–H and O–H groups in total. The number of hydrogen-bond donors (Lipinski definition) is 0. The Labute approximate surface area is 125 Å². The number of carbonyl (C=O) groups is 1. The summed E-state index contributed by atoms with van der Waals surface area (Å²) in [5, 5.41) is 0.737. The van der Waals surface area contributed by atoms with Gasteiger partial charge in [0.05, 0.1) is 6.61 Å². The predicted molar refractivity (Wildman–Crippen MR) is 80.7 cm³/mol. The number of rotatable bonds is 4. The second-order valence-corrected chi connectivity index (χ2v) is 5.93. The van der Waals surface area contributed by atoms with Crippen molar-refractivity contribution in [3.63, 3.8) is 0 Å². The first-order valence-corrected chi connectivity index (χ1v) is 7.63. The molecule has 0 bridgehead atoms. The lowest BCUT2D eigenvalue weighted by Gasteiger charge is -2.36. The summed E-state index contributed by atoms with van der Waals surface area (Å²) in [5.74, 6) is 0.473. The van der Waals surface area contributed by atoms with Crippen LogP contribution in [0.15, 0.2) is 24.3 Å². The van der Waals surface area contributed by atoms with E-state index in [-0.39, 0.29) is 12.0 Å². The van der Waals surface area contributed by atoms with Crippen LogP contribution in [-0.2, 0) is 16.1 Å². The molecule has 2 unspecified atom stereocenters. The van der Waals surface area contributed by atoms with Gasteiger partial charge in [-0.15, -0.1) is 0 Å². The SMILES string of the molecule is CCOC(=O)C1CC(C)CCN1Cc1cccc(Cl)c1. The number of nitrogens with zero attached hydrogens (tertiary/aromatic N) is 1. The van der Waals surface area contributed by atoms with Crippen LogP contribution in [0.4, 0.5) is 0 Å². The summed E-state index contributed by atoms with van der Waals surface area (Å²) < 4.78 is 5.21. The van der Waals surface area contributed by atoms with Gasteiger partial charge >= 0.3 is 5.97 Å². The fraction of sp³-hybridized carbons (Fsp3) is 0.562. The Morgan fingerprint density at radius 1 is 1.50 bits per heavy atom. The maximum absolute atomic E-state index is 12.1. The normalized spacial score (nSPS) is 23.6. The highest BCUT2D eigenvalue weighted by molar-refractivity contribution is 6.30. The fourth-order valence-electron chi connectivity index (χ4n) is 2.73. The molecule has 1 saturated heterocycles. The van der Waals surface area contributed by atoms with Crippen LogP contribution in [0, 0.1) is 5.92 Å². The van der Waals surface area contributed by atoms with Crippen LogP contribution in [0.1, 0.15) is 32.3 Å². The van der Waals surface area contributed by atoms with E-state index in [9.17, 15) is 4.79 Å². The average molecular weight is 296 g/mol. The highest BCUT2D eigenvalue weighted by Crippen LogP contribution is 2.25. The van der Waals surface area contributed by atoms with E-state index in [0.29, 0.717) is 12.5 Å². The third-order valence-corrected chi connectivity index (χ3v) is 4.04. The van der Waals surface area contributed by atoms with Gasteiger partial charge in [-0.05, 0) is 49.9 Å². The molecule has 3 nitrogen and oxygen atoms in total. The van der Waals surface area contributed by atoms with Crippen molar-refractivity contribution in [1.82, 2.24) is 4.90 Å². The van der Waals surface area contributed by atoms with E-state index >= 15 is 0 Å². The number of piperidine rings is 1. The maximum atomic E-state index is 12.1. The lowest BCUT2D eigenvalue weighted by molar-refractivity contribution is -0.152. The van der Waals surface area contributed by atoms with Gasteiger partial charge in [0.25, 0.3) is 0 Å². The molecule has 0 aromatic heterocycles. The molecule has 1 aliphatic heterocycles. The van der Waals surface area contributed by atoms with Crippen molar-refractivity contribution in [1.29, 1.82) is 0 Å². The van der Waals surface area contributed by atoms with Crippen LogP contribution in [0.5, 0.6) is 0 Å². The molecule has 0 amide bonds. The molecule has 1 aromatic rings. The first kappa shape index (κ1) is 15.3. The minimum absolute atomic E-state index is 0.0962. The maximum Gasteiger partial charge on any atom is 0.323 e. The summed E-state index contributed by atoms with van der Waals surface area (Å²) in [6.45, 7) is 6.16. The van der Waals surface area contributed by atoms with Crippen LogP contribution in [0.25, 0.3) is 0 Å². The number of ether oxygens (including phenoxy) is 1. The Bertz CT molecular complexity index is 464. The Hall–Kier alpha value is -1.06. The molecule has 1 heterocycles.